The molecule has 0 spiro atoms. The number of rotatable bonds is 7. The average molecular weight is 389 g/mol. The van der Waals surface area contributed by atoms with Gasteiger partial charge < -0.3 is 0 Å². The highest BCUT2D eigenvalue weighted by Gasteiger charge is 2.20. The fourth-order valence-corrected chi connectivity index (χ4v) is 4.30. The van der Waals surface area contributed by atoms with Crippen LogP contribution in [0.1, 0.15) is 0 Å². The zero-order chi connectivity index (χ0) is 17.8. The van der Waals surface area contributed by atoms with E-state index in [1.54, 1.807) is 30.3 Å². The lowest BCUT2D eigenvalue weighted by Gasteiger charge is -2.19. The number of anilines is 1. The Morgan fingerprint density at radius 2 is 1.54 bits per heavy atom. The van der Waals surface area contributed by atoms with Crippen LogP contribution in [0.4, 0.5) is 5.69 Å². The number of nitrogens with one attached hydrogen (secondary N) is 1. The second-order valence-corrected chi connectivity index (χ2v) is 9.29. The van der Waals surface area contributed by atoms with Gasteiger partial charge in [0.25, 0.3) is 0 Å². The van der Waals surface area contributed by atoms with Gasteiger partial charge in [0, 0.05) is 18.6 Å². The molecule has 0 aliphatic carbocycles. The first-order valence-corrected chi connectivity index (χ1v) is 10.5. The summed E-state index contributed by atoms with van der Waals surface area (Å²) in [6.45, 7) is -0.232. The second-order valence-electron chi connectivity index (χ2n) is 4.97. The molecule has 0 atom stereocenters. The molecule has 2 rings (SSSR count). The van der Waals surface area contributed by atoms with Gasteiger partial charge in [0.05, 0.1) is 16.3 Å². The van der Waals surface area contributed by atoms with Crippen LogP contribution in [0.5, 0.6) is 0 Å². The lowest BCUT2D eigenvalue weighted by atomic mass is 10.3. The standard InChI is InChI=1S/C15H17ClN2O4S2/c1-18(14-5-3-2-4-6-14)23(19,20)12-11-17-24(21,22)15-9-7-13(16)8-10-15/h2-10,17H,11-12H2,1H3. The molecule has 2 aromatic rings. The first kappa shape index (κ1) is 18.7. The molecule has 0 fully saturated rings. The van der Waals surface area contributed by atoms with E-state index in [-0.39, 0.29) is 17.2 Å². The molecule has 24 heavy (non-hydrogen) atoms. The van der Waals surface area contributed by atoms with Crippen molar-refractivity contribution in [2.24, 2.45) is 0 Å². The van der Waals surface area contributed by atoms with Crippen molar-refractivity contribution in [3.8, 4) is 0 Å². The van der Waals surface area contributed by atoms with Crippen LogP contribution in [0.3, 0.4) is 0 Å². The Bertz CT molecular complexity index is 883. The second kappa shape index (κ2) is 7.52. The maximum atomic E-state index is 12.3. The summed E-state index contributed by atoms with van der Waals surface area (Å²) in [5.74, 6) is -0.356. The Kier molecular flexibility index (Phi) is 5.87. The van der Waals surface area contributed by atoms with Crippen LogP contribution in [0.25, 0.3) is 0 Å². The third kappa shape index (κ3) is 4.70. The van der Waals surface area contributed by atoms with Crippen LogP contribution in [0.2, 0.25) is 5.02 Å². The topological polar surface area (TPSA) is 83.6 Å². The molecule has 0 radical (unpaired) electrons. The molecule has 0 unspecified atom stereocenters. The minimum Gasteiger partial charge on any atom is -0.273 e. The quantitative estimate of drug-likeness (QED) is 0.787. The van der Waals surface area contributed by atoms with Crippen molar-refractivity contribution in [3.05, 3.63) is 59.6 Å². The normalized spacial score (nSPS) is 12.1. The van der Waals surface area contributed by atoms with Gasteiger partial charge in [0.15, 0.2) is 0 Å². The molecular formula is C15H17ClN2O4S2. The van der Waals surface area contributed by atoms with E-state index in [0.29, 0.717) is 10.7 Å². The van der Waals surface area contributed by atoms with Gasteiger partial charge >= 0.3 is 0 Å². The van der Waals surface area contributed by atoms with Crippen molar-refractivity contribution in [2.45, 2.75) is 4.90 Å². The van der Waals surface area contributed by atoms with Crippen molar-refractivity contribution in [1.29, 1.82) is 0 Å². The molecule has 1 N–H and O–H groups in total. The maximum absolute atomic E-state index is 12.3. The summed E-state index contributed by atoms with van der Waals surface area (Å²) in [7, 11) is -5.99. The largest absolute Gasteiger partial charge is 0.273 e. The van der Waals surface area contributed by atoms with E-state index in [0.717, 1.165) is 4.31 Å². The van der Waals surface area contributed by atoms with Crippen molar-refractivity contribution in [1.82, 2.24) is 4.72 Å². The highest BCUT2D eigenvalue weighted by molar-refractivity contribution is 7.93. The van der Waals surface area contributed by atoms with E-state index in [1.165, 1.54) is 31.3 Å². The summed E-state index contributed by atoms with van der Waals surface area (Å²) in [5, 5.41) is 0.418. The van der Waals surface area contributed by atoms with Gasteiger partial charge in [-0.3, -0.25) is 4.31 Å². The number of nitrogens with zero attached hydrogens (tertiary/aromatic N) is 1. The van der Waals surface area contributed by atoms with Crippen molar-refractivity contribution < 1.29 is 16.8 Å². The summed E-state index contributed by atoms with van der Waals surface area (Å²) in [6, 6.07) is 14.2. The monoisotopic (exact) mass is 388 g/mol. The first-order chi connectivity index (χ1) is 11.2. The summed E-state index contributed by atoms with van der Waals surface area (Å²) in [4.78, 5) is 0.0284. The predicted molar refractivity (Wildman–Crippen MR) is 95.3 cm³/mol. The molecule has 9 heteroatoms. The van der Waals surface area contributed by atoms with Crippen LogP contribution in [-0.4, -0.2) is 36.2 Å². The summed E-state index contributed by atoms with van der Waals surface area (Å²) in [6.07, 6.45) is 0. The van der Waals surface area contributed by atoms with E-state index in [2.05, 4.69) is 4.72 Å². The molecule has 0 amide bonds. The summed E-state index contributed by atoms with van der Waals surface area (Å²) in [5.41, 5.74) is 0.512. The Labute approximate surface area is 147 Å². The molecule has 0 saturated carbocycles. The van der Waals surface area contributed by atoms with E-state index >= 15 is 0 Å². The van der Waals surface area contributed by atoms with Gasteiger partial charge in [0.2, 0.25) is 20.0 Å². The molecule has 0 aliphatic rings. The molecule has 0 aromatic heterocycles. The van der Waals surface area contributed by atoms with Crippen molar-refractivity contribution in [3.63, 3.8) is 0 Å². The fourth-order valence-electron chi connectivity index (χ4n) is 1.94. The molecule has 0 saturated heterocycles. The summed E-state index contributed by atoms with van der Waals surface area (Å²) < 4.78 is 52.2. The molecule has 6 nitrogen and oxygen atoms in total. The van der Waals surface area contributed by atoms with Crippen LogP contribution in [-0.2, 0) is 20.0 Å². The molecule has 0 heterocycles. The highest BCUT2D eigenvalue weighted by atomic mass is 35.5. The van der Waals surface area contributed by atoms with Gasteiger partial charge in [-0.05, 0) is 36.4 Å². The Balaban J connectivity index is 2.01. The number of sulfonamides is 2. The van der Waals surface area contributed by atoms with E-state index in [1.807, 2.05) is 0 Å². The van der Waals surface area contributed by atoms with Crippen LogP contribution >= 0.6 is 11.6 Å². The number of hydrogen-bond donors (Lipinski definition) is 1. The van der Waals surface area contributed by atoms with Gasteiger partial charge in [-0.15, -0.1) is 0 Å². The van der Waals surface area contributed by atoms with Gasteiger partial charge in [0.1, 0.15) is 0 Å². The molecule has 2 aromatic carbocycles. The first-order valence-electron chi connectivity index (χ1n) is 6.99. The number of hydrogen-bond acceptors (Lipinski definition) is 4. The third-order valence-corrected chi connectivity index (χ3v) is 6.81. The highest BCUT2D eigenvalue weighted by Crippen LogP contribution is 2.16. The van der Waals surface area contributed by atoms with E-state index in [9.17, 15) is 16.8 Å². The van der Waals surface area contributed by atoms with Crippen LogP contribution in [0, 0.1) is 0 Å². The van der Waals surface area contributed by atoms with Gasteiger partial charge in [-0.25, -0.2) is 21.6 Å². The number of halogens is 1. The summed E-state index contributed by atoms with van der Waals surface area (Å²) >= 11 is 5.72. The number of para-hydroxylation sites is 1. The van der Waals surface area contributed by atoms with Gasteiger partial charge in [-0.1, -0.05) is 29.8 Å². The minimum absolute atomic E-state index is 0.0284. The Hall–Kier alpha value is -1.61. The SMILES string of the molecule is CN(c1ccccc1)S(=O)(=O)CCNS(=O)(=O)c1ccc(Cl)cc1. The predicted octanol–water partition coefficient (Wildman–Crippen LogP) is 2.08. The Morgan fingerprint density at radius 3 is 2.12 bits per heavy atom. The lowest BCUT2D eigenvalue weighted by Crippen LogP contribution is -2.35. The lowest BCUT2D eigenvalue weighted by molar-refractivity contribution is 0.580. The van der Waals surface area contributed by atoms with Crippen LogP contribution < -0.4 is 9.03 Å². The Morgan fingerprint density at radius 1 is 0.958 bits per heavy atom. The van der Waals surface area contributed by atoms with Crippen molar-refractivity contribution in [2.75, 3.05) is 23.7 Å². The maximum Gasteiger partial charge on any atom is 0.240 e. The number of benzene rings is 2. The minimum atomic E-state index is -3.78. The zero-order valence-electron chi connectivity index (χ0n) is 12.9. The van der Waals surface area contributed by atoms with Gasteiger partial charge in [-0.2, -0.15) is 0 Å². The molecule has 0 aliphatic heterocycles. The van der Waals surface area contributed by atoms with Crippen molar-refractivity contribution >= 4 is 37.3 Å². The molecule has 0 bridgehead atoms. The molecular weight excluding hydrogens is 372 g/mol. The fraction of sp³-hybridized carbons (Fsp3) is 0.200. The van der Waals surface area contributed by atoms with E-state index in [4.69, 9.17) is 11.6 Å². The zero-order valence-corrected chi connectivity index (χ0v) is 15.3. The van der Waals surface area contributed by atoms with E-state index < -0.39 is 20.0 Å². The van der Waals surface area contributed by atoms with Crippen LogP contribution in [0.15, 0.2) is 59.5 Å². The smallest absolute Gasteiger partial charge is 0.240 e. The third-order valence-electron chi connectivity index (χ3n) is 3.31. The molecule has 130 valence electrons. The average Bonchev–Trinajstić information content (AvgIpc) is 2.55.